The Bertz CT molecular complexity index is 262. The minimum Gasteiger partial charge on any atom is -0.466 e. The number of hydrogen-bond acceptors (Lipinski definition) is 5. The van der Waals surface area contributed by atoms with Gasteiger partial charge in [0.2, 0.25) is 0 Å². The Labute approximate surface area is 91.9 Å². The Kier molecular flexibility index (Phi) is 5.63. The third-order valence-corrected chi connectivity index (χ3v) is 3.12. The third kappa shape index (κ3) is 4.62. The average Bonchev–Trinajstić information content (AvgIpc) is 2.65. The van der Waals surface area contributed by atoms with E-state index in [1.807, 2.05) is 17.8 Å². The zero-order chi connectivity index (χ0) is 10.2. The first-order valence-corrected chi connectivity index (χ1v) is 6.53. The first-order valence-electron chi connectivity index (χ1n) is 4.43. The Balaban J connectivity index is 2.02. The minimum absolute atomic E-state index is 0.113. The van der Waals surface area contributed by atoms with E-state index >= 15 is 0 Å². The van der Waals surface area contributed by atoms with Gasteiger partial charge in [0.1, 0.15) is 0 Å². The molecule has 0 radical (unpaired) electrons. The molecule has 3 nitrogen and oxygen atoms in total. The summed E-state index contributed by atoms with van der Waals surface area (Å²) in [5, 5.41) is 2.03. The van der Waals surface area contributed by atoms with E-state index in [0.717, 1.165) is 17.2 Å². The lowest BCUT2D eigenvalue weighted by Crippen LogP contribution is -2.04. The monoisotopic (exact) mass is 231 g/mol. The molecule has 0 aliphatic carbocycles. The molecule has 0 aromatic carbocycles. The number of aromatic nitrogens is 1. The molecule has 0 aliphatic rings. The van der Waals surface area contributed by atoms with Gasteiger partial charge in [-0.2, -0.15) is 11.8 Å². The number of thioether (sulfide) groups is 1. The molecule has 0 saturated carbocycles. The highest BCUT2D eigenvalue weighted by Crippen LogP contribution is 2.13. The van der Waals surface area contributed by atoms with E-state index in [2.05, 4.69) is 4.98 Å². The largest absolute Gasteiger partial charge is 0.466 e. The van der Waals surface area contributed by atoms with Crippen LogP contribution in [0.1, 0.15) is 19.0 Å². The highest BCUT2D eigenvalue weighted by atomic mass is 32.2. The predicted octanol–water partition coefficient (Wildman–Crippen LogP) is 2.33. The van der Waals surface area contributed by atoms with Crippen molar-refractivity contribution in [2.24, 2.45) is 0 Å². The second-order valence-corrected chi connectivity index (χ2v) is 4.41. The van der Waals surface area contributed by atoms with Crippen LogP contribution in [0.4, 0.5) is 0 Å². The van der Waals surface area contributed by atoms with Crippen LogP contribution in [0.5, 0.6) is 0 Å². The zero-order valence-corrected chi connectivity index (χ0v) is 9.70. The molecule has 14 heavy (non-hydrogen) atoms. The van der Waals surface area contributed by atoms with Gasteiger partial charge >= 0.3 is 5.97 Å². The van der Waals surface area contributed by atoms with Crippen molar-refractivity contribution in [3.05, 3.63) is 16.6 Å². The predicted molar refractivity (Wildman–Crippen MR) is 59.5 cm³/mol. The molecule has 0 aliphatic heterocycles. The van der Waals surface area contributed by atoms with Gasteiger partial charge < -0.3 is 4.74 Å². The molecular formula is C9H13NO2S2. The fourth-order valence-corrected chi connectivity index (χ4v) is 2.36. The normalized spacial score (nSPS) is 10.1. The van der Waals surface area contributed by atoms with Gasteiger partial charge in [0.25, 0.3) is 0 Å². The molecule has 0 bridgehead atoms. The molecule has 0 N–H and O–H groups in total. The van der Waals surface area contributed by atoms with E-state index in [1.165, 1.54) is 0 Å². The van der Waals surface area contributed by atoms with Gasteiger partial charge in [0.15, 0.2) is 0 Å². The highest BCUT2D eigenvalue weighted by molar-refractivity contribution is 7.98. The Morgan fingerprint density at radius 1 is 1.71 bits per heavy atom. The molecule has 0 spiro atoms. The van der Waals surface area contributed by atoms with E-state index in [4.69, 9.17) is 4.74 Å². The van der Waals surface area contributed by atoms with Gasteiger partial charge in [-0.3, -0.25) is 4.79 Å². The summed E-state index contributed by atoms with van der Waals surface area (Å²) in [6, 6.07) is 0. The smallest absolute Gasteiger partial charge is 0.306 e. The summed E-state index contributed by atoms with van der Waals surface area (Å²) in [6.07, 6.45) is 0.489. The van der Waals surface area contributed by atoms with Crippen LogP contribution >= 0.6 is 23.1 Å². The molecule has 1 aromatic rings. The first kappa shape index (κ1) is 11.5. The summed E-state index contributed by atoms with van der Waals surface area (Å²) in [6.45, 7) is 2.29. The van der Waals surface area contributed by atoms with Gasteiger partial charge in [-0.25, -0.2) is 4.98 Å². The molecule has 0 atom stereocenters. The van der Waals surface area contributed by atoms with Crippen molar-refractivity contribution >= 4 is 29.1 Å². The molecule has 0 amide bonds. The summed E-state index contributed by atoms with van der Waals surface area (Å²) in [7, 11) is 0. The first-order chi connectivity index (χ1) is 6.83. The number of carbonyl (C=O) groups is 1. The van der Waals surface area contributed by atoms with Crippen molar-refractivity contribution in [3.8, 4) is 0 Å². The standard InChI is InChI=1S/C9H13NO2S2/c1-2-12-9(11)3-4-13-5-8-6-14-7-10-8/h6-7H,2-5H2,1H3. The van der Waals surface area contributed by atoms with Gasteiger partial charge in [-0.15, -0.1) is 11.3 Å². The van der Waals surface area contributed by atoms with Crippen LogP contribution in [0.2, 0.25) is 0 Å². The van der Waals surface area contributed by atoms with Crippen molar-refractivity contribution in [2.45, 2.75) is 19.1 Å². The molecule has 0 fully saturated rings. The Hall–Kier alpha value is -0.550. The van der Waals surface area contributed by atoms with Crippen molar-refractivity contribution in [1.29, 1.82) is 0 Å². The molecule has 1 rings (SSSR count). The van der Waals surface area contributed by atoms with Crippen molar-refractivity contribution in [2.75, 3.05) is 12.4 Å². The minimum atomic E-state index is -0.113. The van der Waals surface area contributed by atoms with Crippen molar-refractivity contribution in [3.63, 3.8) is 0 Å². The lowest BCUT2D eigenvalue weighted by atomic mass is 10.5. The SMILES string of the molecule is CCOC(=O)CCSCc1cscn1. The van der Waals surface area contributed by atoms with E-state index in [0.29, 0.717) is 13.0 Å². The summed E-state index contributed by atoms with van der Waals surface area (Å²) in [5.74, 6) is 1.57. The molecule has 0 unspecified atom stereocenters. The maximum absolute atomic E-state index is 11.0. The van der Waals surface area contributed by atoms with Gasteiger partial charge in [-0.1, -0.05) is 0 Å². The van der Waals surface area contributed by atoms with Crippen molar-refractivity contribution in [1.82, 2.24) is 4.98 Å². The van der Waals surface area contributed by atoms with Crippen LogP contribution in [0, 0.1) is 0 Å². The van der Waals surface area contributed by atoms with Crippen LogP contribution in [0.15, 0.2) is 10.9 Å². The van der Waals surface area contributed by atoms with E-state index in [9.17, 15) is 4.79 Å². The number of esters is 1. The molecular weight excluding hydrogens is 218 g/mol. The average molecular weight is 231 g/mol. The number of carbonyl (C=O) groups excluding carboxylic acids is 1. The lowest BCUT2D eigenvalue weighted by molar-refractivity contribution is -0.142. The van der Waals surface area contributed by atoms with Gasteiger partial charge in [0.05, 0.1) is 24.2 Å². The second kappa shape index (κ2) is 6.84. The van der Waals surface area contributed by atoms with Crippen LogP contribution < -0.4 is 0 Å². The van der Waals surface area contributed by atoms with E-state index < -0.39 is 0 Å². The van der Waals surface area contributed by atoms with Crippen LogP contribution in [0.3, 0.4) is 0 Å². The third-order valence-electron chi connectivity index (χ3n) is 1.49. The summed E-state index contributed by atoms with van der Waals surface area (Å²) in [5.41, 5.74) is 2.91. The molecule has 1 heterocycles. The highest BCUT2D eigenvalue weighted by Gasteiger charge is 2.01. The van der Waals surface area contributed by atoms with Crippen molar-refractivity contribution < 1.29 is 9.53 Å². The fraction of sp³-hybridized carbons (Fsp3) is 0.556. The number of ether oxygens (including phenoxy) is 1. The summed E-state index contributed by atoms with van der Waals surface area (Å²) >= 11 is 3.30. The number of thiazole rings is 1. The van der Waals surface area contributed by atoms with E-state index in [1.54, 1.807) is 23.1 Å². The topological polar surface area (TPSA) is 39.2 Å². The fourth-order valence-electron chi connectivity index (χ4n) is 0.874. The van der Waals surface area contributed by atoms with Crippen LogP contribution in [-0.2, 0) is 15.3 Å². The second-order valence-electron chi connectivity index (χ2n) is 2.59. The van der Waals surface area contributed by atoms with Crippen LogP contribution in [-0.4, -0.2) is 23.3 Å². The number of hydrogen-bond donors (Lipinski definition) is 0. The Morgan fingerprint density at radius 2 is 2.57 bits per heavy atom. The Morgan fingerprint density at radius 3 is 3.21 bits per heavy atom. The molecule has 78 valence electrons. The number of rotatable bonds is 6. The maximum atomic E-state index is 11.0. The van der Waals surface area contributed by atoms with Gasteiger partial charge in [-0.05, 0) is 6.92 Å². The molecule has 5 heteroatoms. The zero-order valence-electron chi connectivity index (χ0n) is 8.06. The van der Waals surface area contributed by atoms with Gasteiger partial charge in [0, 0.05) is 16.9 Å². The summed E-state index contributed by atoms with van der Waals surface area (Å²) in [4.78, 5) is 15.1. The molecule has 1 aromatic heterocycles. The van der Waals surface area contributed by atoms with Crippen LogP contribution in [0.25, 0.3) is 0 Å². The molecule has 0 saturated heterocycles. The van der Waals surface area contributed by atoms with E-state index in [-0.39, 0.29) is 5.97 Å². The lowest BCUT2D eigenvalue weighted by Gasteiger charge is -2.00. The maximum Gasteiger partial charge on any atom is 0.306 e. The summed E-state index contributed by atoms with van der Waals surface area (Å²) < 4.78 is 4.81. The number of nitrogens with zero attached hydrogens (tertiary/aromatic N) is 1. The quantitative estimate of drug-likeness (QED) is 0.556.